The molecule has 0 aliphatic carbocycles. The van der Waals surface area contributed by atoms with E-state index in [1.807, 2.05) is 13.8 Å². The van der Waals surface area contributed by atoms with Crippen molar-refractivity contribution in [2.45, 2.75) is 40.5 Å². The highest BCUT2D eigenvalue weighted by molar-refractivity contribution is 5.31. The molecule has 1 unspecified atom stereocenters. The molecule has 1 atom stereocenters. The van der Waals surface area contributed by atoms with Crippen LogP contribution in [0.4, 0.5) is 0 Å². The van der Waals surface area contributed by atoms with E-state index in [-0.39, 0.29) is 0 Å². The minimum atomic E-state index is 0.356. The van der Waals surface area contributed by atoms with Crippen LogP contribution >= 0.6 is 0 Å². The van der Waals surface area contributed by atoms with E-state index in [0.29, 0.717) is 11.7 Å². The molecule has 1 heteroatoms. The van der Waals surface area contributed by atoms with Gasteiger partial charge in [-0.2, -0.15) is 0 Å². The van der Waals surface area contributed by atoms with Gasteiger partial charge in [0.25, 0.3) is 0 Å². The van der Waals surface area contributed by atoms with Gasteiger partial charge in [-0.3, -0.25) is 0 Å². The second-order valence-electron chi connectivity index (χ2n) is 4.05. The molecule has 1 N–H and O–H groups in total. The van der Waals surface area contributed by atoms with E-state index in [4.69, 9.17) is 0 Å². The molecule has 0 aliphatic heterocycles. The first-order chi connectivity index (χ1) is 6.40. The van der Waals surface area contributed by atoms with E-state index < -0.39 is 0 Å². The zero-order chi connectivity index (χ0) is 11.3. The fraction of sp³-hybridized carbons (Fsp3) is 0.538. The molecular weight excluding hydrogens is 172 g/mol. The summed E-state index contributed by atoms with van der Waals surface area (Å²) in [5, 5.41) is 9.59. The predicted molar refractivity (Wildman–Crippen MR) is 63.4 cm³/mol. The Labute approximate surface area is 87.8 Å². The van der Waals surface area contributed by atoms with Crippen LogP contribution in [-0.4, -0.2) is 5.11 Å². The third kappa shape index (κ3) is 3.82. The Morgan fingerprint density at radius 2 is 1.71 bits per heavy atom. The van der Waals surface area contributed by atoms with E-state index >= 15 is 0 Å². The highest BCUT2D eigenvalue weighted by Gasteiger charge is 2.15. The van der Waals surface area contributed by atoms with Gasteiger partial charge >= 0.3 is 0 Å². The van der Waals surface area contributed by atoms with Crippen molar-refractivity contribution in [3.63, 3.8) is 0 Å². The number of aliphatic hydroxyl groups excluding tert-OH is 1. The summed E-state index contributed by atoms with van der Waals surface area (Å²) in [4.78, 5) is 0. The highest BCUT2D eigenvalue weighted by atomic mass is 16.3. The molecule has 0 saturated carbocycles. The fourth-order valence-corrected chi connectivity index (χ4v) is 1.82. The number of rotatable bonds is 5. The maximum Gasteiger partial charge on any atom is 0.0928 e. The SMILES string of the molecule is C=C(C)CC(CC)/C(C(=C)C)=C(/C)O. The normalized spacial score (nSPS) is 14.6. The lowest BCUT2D eigenvalue weighted by molar-refractivity contribution is 0.393. The predicted octanol–water partition coefficient (Wildman–Crippen LogP) is 4.39. The second-order valence-corrected chi connectivity index (χ2v) is 4.05. The van der Waals surface area contributed by atoms with E-state index in [1.54, 1.807) is 6.92 Å². The minimum absolute atomic E-state index is 0.356. The summed E-state index contributed by atoms with van der Waals surface area (Å²) in [6.45, 7) is 15.6. The summed E-state index contributed by atoms with van der Waals surface area (Å²) in [5.41, 5.74) is 3.10. The Morgan fingerprint density at radius 1 is 1.21 bits per heavy atom. The van der Waals surface area contributed by atoms with Crippen LogP contribution in [0.3, 0.4) is 0 Å². The Kier molecular flexibility index (Phi) is 5.29. The largest absolute Gasteiger partial charge is 0.512 e. The van der Waals surface area contributed by atoms with Crippen LogP contribution in [0.15, 0.2) is 35.6 Å². The van der Waals surface area contributed by atoms with E-state index in [0.717, 1.165) is 29.6 Å². The van der Waals surface area contributed by atoms with Gasteiger partial charge in [0.1, 0.15) is 0 Å². The molecule has 1 nitrogen and oxygen atoms in total. The van der Waals surface area contributed by atoms with Gasteiger partial charge in [-0.25, -0.2) is 0 Å². The minimum Gasteiger partial charge on any atom is -0.512 e. The third-order valence-corrected chi connectivity index (χ3v) is 2.35. The van der Waals surface area contributed by atoms with Crippen LogP contribution in [0, 0.1) is 5.92 Å². The quantitative estimate of drug-likeness (QED) is 0.391. The van der Waals surface area contributed by atoms with Crippen LogP contribution in [-0.2, 0) is 0 Å². The van der Waals surface area contributed by atoms with Crippen LogP contribution in [0.5, 0.6) is 0 Å². The molecule has 0 aromatic carbocycles. The summed E-state index contributed by atoms with van der Waals surface area (Å²) in [6, 6.07) is 0. The van der Waals surface area contributed by atoms with Crippen LogP contribution < -0.4 is 0 Å². The molecule has 0 radical (unpaired) electrons. The Balaban J connectivity index is 4.88. The lowest BCUT2D eigenvalue weighted by Crippen LogP contribution is -2.07. The van der Waals surface area contributed by atoms with Crippen molar-refractivity contribution in [1.29, 1.82) is 0 Å². The van der Waals surface area contributed by atoms with Crippen molar-refractivity contribution in [3.8, 4) is 0 Å². The van der Waals surface area contributed by atoms with Crippen molar-refractivity contribution in [2.24, 2.45) is 5.92 Å². The Morgan fingerprint density at radius 3 is 1.93 bits per heavy atom. The van der Waals surface area contributed by atoms with Gasteiger partial charge in [-0.1, -0.05) is 24.6 Å². The first-order valence-corrected chi connectivity index (χ1v) is 5.10. The molecule has 0 aromatic heterocycles. The Bertz CT molecular complexity index is 254. The lowest BCUT2D eigenvalue weighted by atomic mass is 9.86. The Hall–Kier alpha value is -0.980. The van der Waals surface area contributed by atoms with Crippen LogP contribution in [0.25, 0.3) is 0 Å². The van der Waals surface area contributed by atoms with Crippen molar-refractivity contribution in [1.82, 2.24) is 0 Å². The van der Waals surface area contributed by atoms with Crippen molar-refractivity contribution in [2.75, 3.05) is 0 Å². The molecule has 0 aromatic rings. The molecule has 0 aliphatic rings. The summed E-state index contributed by atoms with van der Waals surface area (Å²) < 4.78 is 0. The first-order valence-electron chi connectivity index (χ1n) is 5.10. The van der Waals surface area contributed by atoms with E-state index in [9.17, 15) is 5.11 Å². The van der Waals surface area contributed by atoms with Crippen LogP contribution in [0.2, 0.25) is 0 Å². The lowest BCUT2D eigenvalue weighted by Gasteiger charge is -2.20. The third-order valence-electron chi connectivity index (χ3n) is 2.35. The van der Waals surface area contributed by atoms with Crippen molar-refractivity contribution >= 4 is 0 Å². The van der Waals surface area contributed by atoms with Crippen molar-refractivity contribution in [3.05, 3.63) is 35.6 Å². The number of hydrogen-bond acceptors (Lipinski definition) is 1. The maximum absolute atomic E-state index is 9.59. The summed E-state index contributed by atoms with van der Waals surface area (Å²) in [5.74, 6) is 0.751. The van der Waals surface area contributed by atoms with Gasteiger partial charge in [-0.05, 0) is 45.1 Å². The zero-order valence-corrected chi connectivity index (χ0v) is 9.85. The topological polar surface area (TPSA) is 20.2 Å². The van der Waals surface area contributed by atoms with Gasteiger partial charge in [-0.15, -0.1) is 6.58 Å². The fourth-order valence-electron chi connectivity index (χ4n) is 1.82. The van der Waals surface area contributed by atoms with Crippen LogP contribution in [0.1, 0.15) is 40.5 Å². The molecule has 0 amide bonds. The molecular formula is C13H22O. The molecule has 0 saturated heterocycles. The van der Waals surface area contributed by atoms with Gasteiger partial charge in [0, 0.05) is 0 Å². The molecule has 80 valence electrons. The van der Waals surface area contributed by atoms with Crippen molar-refractivity contribution < 1.29 is 5.11 Å². The summed E-state index contributed by atoms with van der Waals surface area (Å²) >= 11 is 0. The molecule has 0 heterocycles. The number of aliphatic hydroxyl groups is 1. The molecule has 0 fully saturated rings. The second kappa shape index (κ2) is 5.69. The highest BCUT2D eigenvalue weighted by Crippen LogP contribution is 2.29. The van der Waals surface area contributed by atoms with E-state index in [2.05, 4.69) is 20.1 Å². The maximum atomic E-state index is 9.59. The number of allylic oxidation sites excluding steroid dienone is 4. The molecule has 0 rings (SSSR count). The van der Waals surface area contributed by atoms with Gasteiger partial charge in [0.2, 0.25) is 0 Å². The van der Waals surface area contributed by atoms with Gasteiger partial charge in [0.05, 0.1) is 5.76 Å². The molecule has 0 bridgehead atoms. The average molecular weight is 194 g/mol. The average Bonchev–Trinajstić information content (AvgIpc) is 2.00. The summed E-state index contributed by atoms with van der Waals surface area (Å²) in [6.07, 6.45) is 1.93. The summed E-state index contributed by atoms with van der Waals surface area (Å²) in [7, 11) is 0. The first kappa shape index (κ1) is 13.0. The number of hydrogen-bond donors (Lipinski definition) is 1. The van der Waals surface area contributed by atoms with E-state index in [1.165, 1.54) is 0 Å². The zero-order valence-electron chi connectivity index (χ0n) is 9.85. The molecule has 14 heavy (non-hydrogen) atoms. The van der Waals surface area contributed by atoms with Gasteiger partial charge < -0.3 is 5.11 Å². The molecule has 0 spiro atoms. The standard InChI is InChI=1S/C13H22O/c1-7-12(8-9(2)3)13(10(4)5)11(6)14/h12,14H,2,4,7-8H2,1,3,5-6H3/b13-11-. The van der Waals surface area contributed by atoms with Gasteiger partial charge in [0.15, 0.2) is 0 Å². The smallest absolute Gasteiger partial charge is 0.0928 e. The monoisotopic (exact) mass is 194 g/mol.